The van der Waals surface area contributed by atoms with Gasteiger partial charge in [0.15, 0.2) is 0 Å². The molecule has 0 aliphatic carbocycles. The standard InChI is InChI=1S/C49H36N2.2C47H36N2/c1-50(49-46-19-9-6-15-40(46)34-41-16-7-10-20-47(41)49)42-28-22-37(23-29-42)38-26-32-44(33-27-38)51(48-21-11-17-39-14-5-8-18-45(39)48)43-30-24-36(25-31-43)35-12-3-2-4-13-35;1-48(45-19-10-18-41(34-45)36-14-6-3-7-15-36)42-28-22-38(23-29-42)39-26-32-44(33-27-39)49(47-21-11-17-40-16-8-9-20-46(40)47)43-30-24-37(25-31-43)35-12-4-2-5-13-35;1-48(42-27-19-37(20-28-42)35-11-4-2-5-12-35)43-29-21-39(22-30-43)40-25-33-45(34-26-40)49(47-18-10-16-41-15-8-9-17-46(41)47)44-31-23-38(24-32-44)36-13-6-3-7-14-36/h2-34H,1H3;2*2-34H,1H3. The van der Waals surface area contributed by atoms with Crippen molar-refractivity contribution >= 4 is 139 Å². The molecule has 25 aromatic rings. The van der Waals surface area contributed by atoms with Crippen LogP contribution in [0.5, 0.6) is 0 Å². The fourth-order valence-electron chi connectivity index (χ4n) is 20.6. The lowest BCUT2D eigenvalue weighted by molar-refractivity contribution is 1.21. The second-order valence-electron chi connectivity index (χ2n) is 37.7. The fourth-order valence-corrected chi connectivity index (χ4v) is 20.6. The molecular formula is C143H108N6. The Bertz CT molecular complexity index is 8820. The maximum atomic E-state index is 2.37. The molecule has 0 aliphatic rings. The van der Waals surface area contributed by atoms with Crippen LogP contribution in [0.2, 0.25) is 0 Å². The molecule has 25 rings (SSSR count). The van der Waals surface area contributed by atoms with Crippen molar-refractivity contribution in [2.45, 2.75) is 0 Å². The normalized spacial score (nSPS) is 11.1. The van der Waals surface area contributed by atoms with Crippen molar-refractivity contribution in [3.05, 3.63) is 601 Å². The lowest BCUT2D eigenvalue weighted by Crippen LogP contribution is -2.10. The molecule has 0 saturated carbocycles. The molecule has 0 radical (unpaired) electrons. The van der Waals surface area contributed by atoms with Crippen LogP contribution in [-0.4, -0.2) is 21.1 Å². The molecule has 25 aromatic carbocycles. The Morgan fingerprint density at radius 2 is 0.282 bits per heavy atom. The van der Waals surface area contributed by atoms with Gasteiger partial charge in [-0.3, -0.25) is 0 Å². The van der Waals surface area contributed by atoms with Crippen LogP contribution in [0, 0.1) is 0 Å². The number of benzene rings is 25. The highest BCUT2D eigenvalue weighted by molar-refractivity contribution is 6.13. The molecule has 0 heterocycles. The molecule has 0 aromatic heterocycles. The van der Waals surface area contributed by atoms with Crippen LogP contribution < -0.4 is 29.4 Å². The number of fused-ring (bicyclic) bond motifs is 5. The lowest BCUT2D eigenvalue weighted by atomic mass is 9.99. The summed E-state index contributed by atoms with van der Waals surface area (Å²) in [4.78, 5) is 13.9. The summed E-state index contributed by atoms with van der Waals surface area (Å²) in [6.45, 7) is 0. The molecule has 6 nitrogen and oxygen atoms in total. The van der Waals surface area contributed by atoms with Crippen LogP contribution in [0.3, 0.4) is 0 Å². The Kier molecular flexibility index (Phi) is 26.9. The summed E-state index contributed by atoms with van der Waals surface area (Å²) in [7, 11) is 6.42. The summed E-state index contributed by atoms with van der Waals surface area (Å²) in [6.07, 6.45) is 0. The first kappa shape index (κ1) is 93.3. The Balaban J connectivity index is 0.000000123. The molecule has 0 fully saturated rings. The summed E-state index contributed by atoms with van der Waals surface area (Å²) in [5.74, 6) is 0. The van der Waals surface area contributed by atoms with E-state index in [2.05, 4.69) is 651 Å². The van der Waals surface area contributed by atoms with Crippen molar-refractivity contribution in [1.82, 2.24) is 0 Å². The zero-order valence-electron chi connectivity index (χ0n) is 83.3. The van der Waals surface area contributed by atoms with Crippen molar-refractivity contribution in [1.29, 1.82) is 0 Å². The third kappa shape index (κ3) is 20.2. The van der Waals surface area contributed by atoms with E-state index < -0.39 is 0 Å². The van der Waals surface area contributed by atoms with Gasteiger partial charge < -0.3 is 29.4 Å². The smallest absolute Gasteiger partial charge is 0.0567 e. The van der Waals surface area contributed by atoms with Gasteiger partial charge in [0.05, 0.1) is 22.7 Å². The van der Waals surface area contributed by atoms with Crippen LogP contribution in [0.25, 0.3) is 143 Å². The molecule has 0 N–H and O–H groups in total. The van der Waals surface area contributed by atoms with Crippen molar-refractivity contribution in [3.8, 4) is 89.0 Å². The molecule has 149 heavy (non-hydrogen) atoms. The van der Waals surface area contributed by atoms with Gasteiger partial charge in [-0.15, -0.1) is 0 Å². The molecule has 0 spiro atoms. The van der Waals surface area contributed by atoms with Gasteiger partial charge in [-0.1, -0.05) is 443 Å². The van der Waals surface area contributed by atoms with Crippen LogP contribution in [0.4, 0.5) is 85.3 Å². The fraction of sp³-hybridized carbons (Fsp3) is 0.0210. The van der Waals surface area contributed by atoms with Gasteiger partial charge >= 0.3 is 0 Å². The van der Waals surface area contributed by atoms with Gasteiger partial charge in [0.2, 0.25) is 0 Å². The molecule has 710 valence electrons. The first-order valence-electron chi connectivity index (χ1n) is 51.0. The lowest BCUT2D eigenvalue weighted by Gasteiger charge is -2.27. The molecule has 0 unspecified atom stereocenters. The monoisotopic (exact) mass is 1910 g/mol. The summed E-state index contributed by atoms with van der Waals surface area (Å²) in [5, 5.41) is 12.3. The minimum absolute atomic E-state index is 1.11. The van der Waals surface area contributed by atoms with Crippen molar-refractivity contribution < 1.29 is 0 Å². The zero-order valence-corrected chi connectivity index (χ0v) is 83.3. The number of hydrogen-bond donors (Lipinski definition) is 0. The van der Waals surface area contributed by atoms with E-state index in [1.165, 1.54) is 149 Å². The van der Waals surface area contributed by atoms with Crippen LogP contribution in [0.15, 0.2) is 601 Å². The van der Waals surface area contributed by atoms with Crippen molar-refractivity contribution in [3.63, 3.8) is 0 Å². The Hall–Kier alpha value is -19.4. The Labute approximate surface area is 873 Å². The highest BCUT2D eigenvalue weighted by Crippen LogP contribution is 2.48. The summed E-state index contributed by atoms with van der Waals surface area (Å²) < 4.78 is 0. The van der Waals surface area contributed by atoms with E-state index in [4.69, 9.17) is 0 Å². The van der Waals surface area contributed by atoms with Gasteiger partial charge in [-0.2, -0.15) is 0 Å². The largest absolute Gasteiger partial charge is 0.345 e. The third-order valence-electron chi connectivity index (χ3n) is 28.6. The summed E-state index contributed by atoms with van der Waals surface area (Å²) in [6, 6.07) is 215. The highest BCUT2D eigenvalue weighted by atomic mass is 15.2. The van der Waals surface area contributed by atoms with E-state index in [0.717, 1.165) is 79.6 Å². The minimum atomic E-state index is 1.11. The van der Waals surface area contributed by atoms with E-state index in [1.807, 2.05) is 0 Å². The first-order valence-corrected chi connectivity index (χ1v) is 51.0. The third-order valence-corrected chi connectivity index (χ3v) is 28.6. The first-order chi connectivity index (χ1) is 73.6. The van der Waals surface area contributed by atoms with E-state index >= 15 is 0 Å². The maximum absolute atomic E-state index is 2.37. The molecule has 0 saturated heterocycles. The SMILES string of the molecule is CN(c1ccc(-c2ccc(N(c3ccc(-c4ccccc4)cc3)c3cccc4ccccc34)cc2)cc1)c1c2ccccc2cc2ccccc12.CN(c1ccc(-c2ccc(N(c3ccc(-c4ccccc4)cc3)c3cccc4ccccc34)cc2)cc1)c1cccc(-c2ccccc2)c1.CN(c1ccc(-c2ccccc2)cc1)c1ccc(-c2ccc(N(c3ccc(-c4ccccc4)cc3)c3cccc4ccccc34)cc2)cc1. The summed E-state index contributed by atoms with van der Waals surface area (Å²) >= 11 is 0. The van der Waals surface area contributed by atoms with E-state index in [-0.39, 0.29) is 0 Å². The summed E-state index contributed by atoms with van der Waals surface area (Å²) in [5.41, 5.74) is 36.4. The van der Waals surface area contributed by atoms with E-state index in [0.29, 0.717) is 0 Å². The molecule has 0 aliphatic heterocycles. The number of anilines is 15. The average Bonchev–Trinajstić information content (AvgIpc) is 0.759. The number of hydrogen-bond acceptors (Lipinski definition) is 6. The predicted octanol–water partition coefficient (Wildman–Crippen LogP) is 39.9. The number of nitrogens with zero attached hydrogens (tertiary/aromatic N) is 6. The zero-order chi connectivity index (χ0) is 100. The van der Waals surface area contributed by atoms with Crippen LogP contribution >= 0.6 is 0 Å². The van der Waals surface area contributed by atoms with Gasteiger partial charge in [-0.25, -0.2) is 0 Å². The van der Waals surface area contributed by atoms with Crippen molar-refractivity contribution in [2.75, 3.05) is 50.5 Å². The van der Waals surface area contributed by atoms with E-state index in [9.17, 15) is 0 Å². The second kappa shape index (κ2) is 43.0. The van der Waals surface area contributed by atoms with E-state index in [1.54, 1.807) is 0 Å². The second-order valence-corrected chi connectivity index (χ2v) is 37.7. The molecule has 6 heteroatoms. The predicted molar refractivity (Wildman–Crippen MR) is 638 cm³/mol. The maximum Gasteiger partial charge on any atom is 0.0567 e. The van der Waals surface area contributed by atoms with Crippen LogP contribution in [0.1, 0.15) is 0 Å². The molecule has 0 amide bonds. The van der Waals surface area contributed by atoms with Gasteiger partial charge in [0, 0.05) is 111 Å². The van der Waals surface area contributed by atoms with Gasteiger partial charge in [0.1, 0.15) is 0 Å². The molecule has 0 bridgehead atoms. The Morgan fingerprint density at radius 3 is 0.537 bits per heavy atom. The Morgan fingerprint density at radius 1 is 0.107 bits per heavy atom. The molecular weight excluding hydrogens is 1800 g/mol. The molecule has 0 atom stereocenters. The van der Waals surface area contributed by atoms with Gasteiger partial charge in [-0.05, 0) is 274 Å². The topological polar surface area (TPSA) is 19.4 Å². The number of rotatable bonds is 23. The van der Waals surface area contributed by atoms with Crippen LogP contribution in [-0.2, 0) is 0 Å². The quantitative estimate of drug-likeness (QED) is 0.0590. The highest BCUT2D eigenvalue weighted by Gasteiger charge is 2.23. The minimum Gasteiger partial charge on any atom is -0.345 e. The average molecular weight is 1910 g/mol. The van der Waals surface area contributed by atoms with Gasteiger partial charge in [0.25, 0.3) is 0 Å². The van der Waals surface area contributed by atoms with Crippen molar-refractivity contribution in [2.24, 2.45) is 0 Å².